The van der Waals surface area contributed by atoms with Crippen LogP contribution in [0.2, 0.25) is 0 Å². The molecular formula is C4H19FOW3. The SMILES string of the molecule is C.C.C.C.F.O.[W].[W].[W]. The maximum absolute atomic E-state index is 0. The quantitative estimate of drug-likeness (QED) is 0.383. The molecule has 5 heteroatoms. The molecule has 0 aromatic rings. The first-order valence-corrected chi connectivity index (χ1v) is 0. The predicted octanol–water partition coefficient (Wildman–Crippen LogP) is 1.86. The summed E-state index contributed by atoms with van der Waals surface area (Å²) in [5.74, 6) is 0. The molecule has 0 unspecified atom stereocenters. The second kappa shape index (κ2) is 209. The molecule has 0 aliphatic carbocycles. The average molecular weight is 654 g/mol. The van der Waals surface area contributed by atoms with E-state index in [9.17, 15) is 0 Å². The standard InChI is InChI=1S/4CH4.FH.H2O.3W/h4*1H4;1H;1H2;;;. The minimum atomic E-state index is 0. The van der Waals surface area contributed by atoms with Gasteiger partial charge in [-0.2, -0.15) is 0 Å². The summed E-state index contributed by atoms with van der Waals surface area (Å²) in [6, 6.07) is 0. The van der Waals surface area contributed by atoms with Crippen LogP contribution in [0.5, 0.6) is 0 Å². The number of halogens is 1. The second-order valence-electron chi connectivity index (χ2n) is 0. The largest absolute Gasteiger partial charge is 0.412 e. The number of hydrogen-bond acceptors (Lipinski definition) is 0. The van der Waals surface area contributed by atoms with E-state index in [0.29, 0.717) is 0 Å². The van der Waals surface area contributed by atoms with Gasteiger partial charge in [-0.15, -0.1) is 0 Å². The van der Waals surface area contributed by atoms with E-state index >= 15 is 0 Å². The fourth-order valence-electron chi connectivity index (χ4n) is 0. The van der Waals surface area contributed by atoms with Crippen molar-refractivity contribution in [2.75, 3.05) is 0 Å². The zero-order valence-corrected chi connectivity index (χ0v) is 10.9. The van der Waals surface area contributed by atoms with Crippen LogP contribution < -0.4 is 0 Å². The molecule has 2 N–H and O–H groups in total. The Kier molecular flexibility index (Phi) is 6590. The topological polar surface area (TPSA) is 31.5 Å². The third-order valence-electron chi connectivity index (χ3n) is 0. The van der Waals surface area contributed by atoms with Crippen molar-refractivity contribution in [1.29, 1.82) is 0 Å². The van der Waals surface area contributed by atoms with E-state index in [4.69, 9.17) is 0 Å². The molecule has 0 aromatic carbocycles. The van der Waals surface area contributed by atoms with E-state index in [1.807, 2.05) is 0 Å². The monoisotopic (exact) mass is 654 g/mol. The fourth-order valence-corrected chi connectivity index (χ4v) is 0. The van der Waals surface area contributed by atoms with Gasteiger partial charge in [0.1, 0.15) is 0 Å². The van der Waals surface area contributed by atoms with Crippen LogP contribution in [0.1, 0.15) is 29.7 Å². The first-order valence-electron chi connectivity index (χ1n) is 0. The van der Waals surface area contributed by atoms with Gasteiger partial charge in [0.2, 0.25) is 0 Å². The molecule has 0 saturated heterocycles. The molecule has 0 rings (SSSR count). The van der Waals surface area contributed by atoms with Crippen LogP contribution in [0.25, 0.3) is 0 Å². The van der Waals surface area contributed by atoms with Gasteiger partial charge in [-0.25, -0.2) is 0 Å². The van der Waals surface area contributed by atoms with Crippen LogP contribution in [0.4, 0.5) is 4.70 Å². The smallest absolute Gasteiger partial charge is 0 e. The van der Waals surface area contributed by atoms with Crippen LogP contribution in [-0.4, -0.2) is 5.48 Å². The van der Waals surface area contributed by atoms with Crippen molar-refractivity contribution in [2.45, 2.75) is 29.7 Å². The number of rotatable bonds is 0. The zero-order valence-electron chi connectivity index (χ0n) is 2.13. The Labute approximate surface area is 102 Å². The molecular weight excluding hydrogens is 635 g/mol. The summed E-state index contributed by atoms with van der Waals surface area (Å²) in [7, 11) is 0. The Hall–Kier alpha value is 1.95. The Morgan fingerprint density at radius 3 is 0.444 bits per heavy atom. The van der Waals surface area contributed by atoms with E-state index in [2.05, 4.69) is 0 Å². The fraction of sp³-hybridized carbons (Fsp3) is 1.00. The molecule has 0 aromatic heterocycles. The van der Waals surface area contributed by atoms with Crippen molar-refractivity contribution in [3.8, 4) is 0 Å². The molecule has 0 atom stereocenters. The molecule has 0 heterocycles. The van der Waals surface area contributed by atoms with Crippen molar-refractivity contribution in [3.05, 3.63) is 0 Å². The molecule has 66 valence electrons. The van der Waals surface area contributed by atoms with Crippen LogP contribution in [0.15, 0.2) is 0 Å². The molecule has 0 spiro atoms. The molecule has 0 saturated carbocycles. The van der Waals surface area contributed by atoms with E-state index in [1.165, 1.54) is 0 Å². The molecule has 0 aliphatic rings. The summed E-state index contributed by atoms with van der Waals surface area (Å²) in [6.07, 6.45) is 0. The summed E-state index contributed by atoms with van der Waals surface area (Å²) < 4.78 is 0. The summed E-state index contributed by atoms with van der Waals surface area (Å²) in [6.45, 7) is 0. The molecule has 0 amide bonds. The zero-order chi connectivity index (χ0) is 0. The van der Waals surface area contributed by atoms with Crippen molar-refractivity contribution < 1.29 is 73.4 Å². The first-order chi connectivity index (χ1) is 0. The van der Waals surface area contributed by atoms with E-state index < -0.39 is 0 Å². The summed E-state index contributed by atoms with van der Waals surface area (Å²) in [5.41, 5.74) is 0. The van der Waals surface area contributed by atoms with Crippen LogP contribution >= 0.6 is 0 Å². The van der Waals surface area contributed by atoms with Gasteiger partial charge >= 0.3 is 0 Å². The van der Waals surface area contributed by atoms with Gasteiger partial charge in [-0.1, -0.05) is 29.7 Å². The van der Waals surface area contributed by atoms with E-state index in [1.54, 1.807) is 0 Å². The summed E-state index contributed by atoms with van der Waals surface area (Å²) in [4.78, 5) is 0. The maximum atomic E-state index is 0. The number of hydrogen-bond donors (Lipinski definition) is 0. The third-order valence-corrected chi connectivity index (χ3v) is 0. The average Bonchev–Trinajstić information content (AvgIpc) is 0. The van der Waals surface area contributed by atoms with E-state index in [0.717, 1.165) is 0 Å². The minimum Gasteiger partial charge on any atom is -0.412 e. The Bertz CT molecular complexity index is 15.8. The molecule has 0 bridgehead atoms. The molecule has 9 heavy (non-hydrogen) atoms. The summed E-state index contributed by atoms with van der Waals surface area (Å²) in [5, 5.41) is 0. The molecule has 0 fully saturated rings. The predicted molar refractivity (Wildman–Crippen MR) is 33.0 cm³/mol. The Morgan fingerprint density at radius 1 is 0.444 bits per heavy atom. The van der Waals surface area contributed by atoms with Crippen molar-refractivity contribution in [2.24, 2.45) is 0 Å². The van der Waals surface area contributed by atoms with Gasteiger partial charge in [0, 0.05) is 63.2 Å². The first kappa shape index (κ1) is 284. The Balaban J connectivity index is 0. The minimum absolute atomic E-state index is 0. The van der Waals surface area contributed by atoms with Gasteiger partial charge in [-0.05, 0) is 0 Å². The van der Waals surface area contributed by atoms with Gasteiger partial charge < -0.3 is 5.48 Å². The molecule has 0 aliphatic heterocycles. The van der Waals surface area contributed by atoms with Crippen molar-refractivity contribution in [1.82, 2.24) is 0 Å². The normalized spacial score (nSPS) is 0. The summed E-state index contributed by atoms with van der Waals surface area (Å²) >= 11 is 0. The van der Waals surface area contributed by atoms with Crippen molar-refractivity contribution >= 4 is 0 Å². The van der Waals surface area contributed by atoms with Crippen LogP contribution in [-0.2, 0) is 63.2 Å². The van der Waals surface area contributed by atoms with Gasteiger partial charge in [0.15, 0.2) is 0 Å². The maximum Gasteiger partial charge on any atom is 0 e. The van der Waals surface area contributed by atoms with Crippen LogP contribution in [0.3, 0.4) is 0 Å². The molecule has 1 nitrogen and oxygen atoms in total. The molecule has 0 radical (unpaired) electrons. The van der Waals surface area contributed by atoms with Gasteiger partial charge in [0.25, 0.3) is 0 Å². The third kappa shape index (κ3) is 165. The van der Waals surface area contributed by atoms with Gasteiger partial charge in [0.05, 0.1) is 0 Å². The van der Waals surface area contributed by atoms with Crippen molar-refractivity contribution in [3.63, 3.8) is 0 Å². The second-order valence-corrected chi connectivity index (χ2v) is 0. The Morgan fingerprint density at radius 2 is 0.444 bits per heavy atom. The van der Waals surface area contributed by atoms with E-state index in [-0.39, 0.29) is 103 Å². The van der Waals surface area contributed by atoms with Crippen LogP contribution in [0, 0.1) is 0 Å². The van der Waals surface area contributed by atoms with Gasteiger partial charge in [-0.3, -0.25) is 4.70 Å².